The SMILES string of the molecule is NC(=O)c1ccc[n+](CC(=O)c2ccc(Cl)cc2)c1.[Cl-]. The highest BCUT2D eigenvalue weighted by atomic mass is 35.5. The Balaban J connectivity index is 0.00000200. The fourth-order valence-corrected chi connectivity index (χ4v) is 1.78. The summed E-state index contributed by atoms with van der Waals surface area (Å²) in [6.07, 6.45) is 3.26. The molecule has 1 amide bonds. The van der Waals surface area contributed by atoms with Gasteiger partial charge in [-0.3, -0.25) is 9.59 Å². The van der Waals surface area contributed by atoms with Crippen molar-refractivity contribution in [3.63, 3.8) is 0 Å². The summed E-state index contributed by atoms with van der Waals surface area (Å²) in [5, 5.41) is 0.583. The van der Waals surface area contributed by atoms with Crippen molar-refractivity contribution in [3.05, 3.63) is 64.9 Å². The van der Waals surface area contributed by atoms with Crippen molar-refractivity contribution in [1.29, 1.82) is 0 Å². The van der Waals surface area contributed by atoms with E-state index in [0.29, 0.717) is 16.1 Å². The van der Waals surface area contributed by atoms with Gasteiger partial charge in [0.15, 0.2) is 12.4 Å². The first kappa shape index (κ1) is 16.1. The quantitative estimate of drug-likeness (QED) is 0.558. The molecule has 20 heavy (non-hydrogen) atoms. The van der Waals surface area contributed by atoms with Crippen LogP contribution in [0.1, 0.15) is 20.7 Å². The zero-order chi connectivity index (χ0) is 13.8. The number of rotatable bonds is 4. The van der Waals surface area contributed by atoms with Crippen molar-refractivity contribution < 1.29 is 26.6 Å². The number of benzene rings is 1. The zero-order valence-corrected chi connectivity index (χ0v) is 11.9. The highest BCUT2D eigenvalue weighted by Gasteiger charge is 2.13. The van der Waals surface area contributed by atoms with Gasteiger partial charge in [0, 0.05) is 16.7 Å². The predicted molar refractivity (Wildman–Crippen MR) is 70.9 cm³/mol. The molecule has 0 saturated heterocycles. The second-order valence-electron chi connectivity index (χ2n) is 4.06. The number of nitrogens with two attached hydrogens (primary N) is 1. The number of halogens is 2. The first-order valence-corrected chi connectivity index (χ1v) is 6.02. The second kappa shape index (κ2) is 7.03. The van der Waals surface area contributed by atoms with Crippen molar-refractivity contribution in [2.75, 3.05) is 0 Å². The van der Waals surface area contributed by atoms with Crippen LogP contribution in [0.25, 0.3) is 0 Å². The number of carbonyl (C=O) groups excluding carboxylic acids is 2. The van der Waals surface area contributed by atoms with Crippen LogP contribution in [0.4, 0.5) is 0 Å². The van der Waals surface area contributed by atoms with E-state index >= 15 is 0 Å². The maximum absolute atomic E-state index is 12.0. The van der Waals surface area contributed by atoms with Crippen LogP contribution in [0.2, 0.25) is 5.02 Å². The molecule has 104 valence electrons. The normalized spacial score (nSPS) is 9.65. The highest BCUT2D eigenvalue weighted by molar-refractivity contribution is 6.30. The number of hydrogen-bond acceptors (Lipinski definition) is 2. The van der Waals surface area contributed by atoms with Crippen LogP contribution in [0.5, 0.6) is 0 Å². The Hall–Kier alpha value is -1.91. The Morgan fingerprint density at radius 2 is 1.75 bits per heavy atom. The Morgan fingerprint density at radius 3 is 2.35 bits per heavy atom. The minimum absolute atomic E-state index is 0. The van der Waals surface area contributed by atoms with Crippen LogP contribution < -0.4 is 22.7 Å². The second-order valence-corrected chi connectivity index (χ2v) is 4.50. The van der Waals surface area contributed by atoms with Gasteiger partial charge in [-0.15, -0.1) is 0 Å². The molecule has 2 rings (SSSR count). The standard InChI is InChI=1S/C14H11ClN2O2.ClH/c15-12-5-3-10(4-6-12)13(18)9-17-7-1-2-11(8-17)14(16)19;/h1-8H,9H2,(H-,16,19);1H. The lowest BCUT2D eigenvalue weighted by molar-refractivity contribution is -0.683. The van der Waals surface area contributed by atoms with Crippen molar-refractivity contribution in [3.8, 4) is 0 Å². The summed E-state index contributed by atoms with van der Waals surface area (Å²) < 4.78 is 1.62. The number of Topliss-reactive ketones (excluding diaryl/α,β-unsaturated/α-hetero) is 1. The number of amides is 1. The number of carbonyl (C=O) groups is 2. The van der Waals surface area contributed by atoms with Gasteiger partial charge in [0.1, 0.15) is 5.56 Å². The Labute approximate surface area is 127 Å². The zero-order valence-electron chi connectivity index (χ0n) is 10.4. The number of pyridine rings is 1. The van der Waals surface area contributed by atoms with E-state index in [1.165, 1.54) is 0 Å². The largest absolute Gasteiger partial charge is 1.00 e. The highest BCUT2D eigenvalue weighted by Crippen LogP contribution is 2.10. The lowest BCUT2D eigenvalue weighted by atomic mass is 10.1. The topological polar surface area (TPSA) is 64.0 Å². The molecule has 6 heteroatoms. The first-order valence-electron chi connectivity index (χ1n) is 5.64. The molecule has 4 nitrogen and oxygen atoms in total. The number of nitrogens with zero attached hydrogens (tertiary/aromatic N) is 1. The van der Waals surface area contributed by atoms with E-state index in [2.05, 4.69) is 0 Å². The molecular weight excluding hydrogens is 299 g/mol. The molecule has 0 aliphatic carbocycles. The van der Waals surface area contributed by atoms with Gasteiger partial charge in [-0.1, -0.05) is 11.6 Å². The van der Waals surface area contributed by atoms with Gasteiger partial charge in [0.25, 0.3) is 5.91 Å². The number of aromatic nitrogens is 1. The van der Waals surface area contributed by atoms with E-state index in [4.69, 9.17) is 17.3 Å². The number of primary amides is 1. The van der Waals surface area contributed by atoms with E-state index in [-0.39, 0.29) is 24.7 Å². The van der Waals surface area contributed by atoms with Gasteiger partial charge in [0.2, 0.25) is 12.3 Å². The van der Waals surface area contributed by atoms with Crippen molar-refractivity contribution in [2.24, 2.45) is 5.73 Å². The lowest BCUT2D eigenvalue weighted by Gasteiger charge is -1.99. The number of ketones is 1. The molecule has 1 aromatic heterocycles. The first-order chi connectivity index (χ1) is 9.06. The molecule has 0 unspecified atom stereocenters. The third kappa shape index (κ3) is 4.05. The fourth-order valence-electron chi connectivity index (χ4n) is 1.66. The molecule has 2 aromatic rings. The van der Waals surface area contributed by atoms with E-state index in [0.717, 1.165) is 0 Å². The molecule has 0 fully saturated rings. The molecule has 1 aromatic carbocycles. The molecular formula is C14H12Cl2N2O2. The van der Waals surface area contributed by atoms with Gasteiger partial charge >= 0.3 is 0 Å². The molecule has 0 bridgehead atoms. The lowest BCUT2D eigenvalue weighted by Crippen LogP contribution is -3.00. The minimum atomic E-state index is -0.520. The van der Waals surface area contributed by atoms with E-state index in [1.54, 1.807) is 53.4 Å². The van der Waals surface area contributed by atoms with Gasteiger partial charge in [-0.25, -0.2) is 0 Å². The molecule has 0 aliphatic rings. The molecule has 0 radical (unpaired) electrons. The van der Waals surface area contributed by atoms with Crippen LogP contribution in [0.3, 0.4) is 0 Å². The predicted octanol–water partition coefficient (Wildman–Crippen LogP) is -1.39. The molecule has 0 aliphatic heterocycles. The molecule has 0 atom stereocenters. The van der Waals surface area contributed by atoms with Crippen LogP contribution in [-0.4, -0.2) is 11.7 Å². The fraction of sp³-hybridized carbons (Fsp3) is 0.0714. The van der Waals surface area contributed by atoms with E-state index < -0.39 is 5.91 Å². The molecule has 0 saturated carbocycles. The number of hydrogen-bond donors (Lipinski definition) is 1. The van der Waals surface area contributed by atoms with Gasteiger partial charge < -0.3 is 18.1 Å². The summed E-state index contributed by atoms with van der Waals surface area (Å²) in [6, 6.07) is 9.95. The van der Waals surface area contributed by atoms with Crippen molar-refractivity contribution >= 4 is 23.3 Å². The Bertz CT molecular complexity index is 627. The Kier molecular flexibility index (Phi) is 5.67. The maximum Gasteiger partial charge on any atom is 0.254 e. The average Bonchev–Trinajstić information content (AvgIpc) is 2.39. The average molecular weight is 311 g/mol. The summed E-state index contributed by atoms with van der Waals surface area (Å²) >= 11 is 5.76. The van der Waals surface area contributed by atoms with Crippen molar-refractivity contribution in [2.45, 2.75) is 6.54 Å². The third-order valence-electron chi connectivity index (χ3n) is 2.64. The van der Waals surface area contributed by atoms with Crippen LogP contribution >= 0.6 is 11.6 Å². The molecule has 1 heterocycles. The van der Waals surface area contributed by atoms with E-state index in [9.17, 15) is 9.59 Å². The van der Waals surface area contributed by atoms with Gasteiger partial charge in [0.05, 0.1) is 0 Å². The molecule has 2 N–H and O–H groups in total. The van der Waals surface area contributed by atoms with Gasteiger partial charge in [-0.05, 0) is 30.3 Å². The van der Waals surface area contributed by atoms with Crippen LogP contribution in [0.15, 0.2) is 48.8 Å². The summed E-state index contributed by atoms with van der Waals surface area (Å²) in [5.74, 6) is -0.587. The summed E-state index contributed by atoms with van der Waals surface area (Å²) in [6.45, 7) is 0.142. The monoisotopic (exact) mass is 310 g/mol. The smallest absolute Gasteiger partial charge is 0.254 e. The third-order valence-corrected chi connectivity index (χ3v) is 2.89. The summed E-state index contributed by atoms with van der Waals surface area (Å²) in [7, 11) is 0. The minimum Gasteiger partial charge on any atom is -1.00 e. The maximum atomic E-state index is 12.0. The summed E-state index contributed by atoms with van der Waals surface area (Å²) in [4.78, 5) is 23.1. The van der Waals surface area contributed by atoms with E-state index in [1.807, 2.05) is 0 Å². The van der Waals surface area contributed by atoms with Crippen LogP contribution in [-0.2, 0) is 6.54 Å². The summed E-state index contributed by atoms with van der Waals surface area (Å²) in [5.41, 5.74) is 6.13. The Morgan fingerprint density at radius 1 is 1.10 bits per heavy atom. The molecule has 0 spiro atoms. The van der Waals surface area contributed by atoms with Crippen molar-refractivity contribution in [1.82, 2.24) is 0 Å². The van der Waals surface area contributed by atoms with Gasteiger partial charge in [-0.2, -0.15) is 4.57 Å². The van der Waals surface area contributed by atoms with Crippen LogP contribution in [0, 0.1) is 0 Å².